The van der Waals surface area contributed by atoms with Gasteiger partial charge in [0.25, 0.3) is 0 Å². The first-order valence-electron chi connectivity index (χ1n) is 8.03. The lowest BCUT2D eigenvalue weighted by molar-refractivity contribution is -0.137. The lowest BCUT2D eigenvalue weighted by atomic mass is 10.2. The quantitative estimate of drug-likeness (QED) is 0.554. The normalized spacial score (nSPS) is 12.1. The van der Waals surface area contributed by atoms with E-state index < -0.39 is 26.7 Å². The van der Waals surface area contributed by atoms with E-state index in [0.29, 0.717) is 23.6 Å². The van der Waals surface area contributed by atoms with Gasteiger partial charge < -0.3 is 9.15 Å². The number of ether oxygens (including phenoxy) is 1. The van der Waals surface area contributed by atoms with Gasteiger partial charge in [0.15, 0.2) is 5.76 Å². The van der Waals surface area contributed by atoms with Crippen molar-refractivity contribution in [2.45, 2.75) is 11.1 Å². The molecule has 0 aliphatic rings. The van der Waals surface area contributed by atoms with Gasteiger partial charge in [-0.15, -0.1) is 10.2 Å². The highest BCUT2D eigenvalue weighted by Gasteiger charge is 2.32. The monoisotopic (exact) mass is 447 g/mol. The first kappa shape index (κ1) is 21.1. The van der Waals surface area contributed by atoms with Gasteiger partial charge in [-0.25, -0.2) is 13.1 Å². The fourth-order valence-corrected chi connectivity index (χ4v) is 3.78. The van der Waals surface area contributed by atoms with Crippen molar-refractivity contribution >= 4 is 21.6 Å². The molecule has 29 heavy (non-hydrogen) atoms. The molecule has 0 aliphatic carbocycles. The molecule has 3 aromatic rings. The number of sulfonamides is 1. The Morgan fingerprint density at radius 3 is 2.55 bits per heavy atom. The van der Waals surface area contributed by atoms with Crippen LogP contribution in [0.2, 0.25) is 5.02 Å². The number of hydrogen-bond donors (Lipinski definition) is 1. The van der Waals surface area contributed by atoms with Crippen molar-refractivity contribution in [3.63, 3.8) is 0 Å². The number of nitrogens with zero attached hydrogens (tertiary/aromatic N) is 2. The Morgan fingerprint density at radius 1 is 1.14 bits per heavy atom. The summed E-state index contributed by atoms with van der Waals surface area (Å²) in [5.41, 5.74) is -0.632. The van der Waals surface area contributed by atoms with Gasteiger partial charge in [0.05, 0.1) is 16.8 Å². The summed E-state index contributed by atoms with van der Waals surface area (Å²) in [6.07, 6.45) is -3.21. The molecule has 0 aliphatic heterocycles. The minimum atomic E-state index is -4.70. The van der Waals surface area contributed by atoms with Crippen LogP contribution < -0.4 is 9.46 Å². The Labute approximate surface area is 168 Å². The maximum atomic E-state index is 12.8. The fourth-order valence-electron chi connectivity index (χ4n) is 2.25. The molecular formula is C17H13ClF3N3O4S. The molecule has 2 heterocycles. The third-order valence-corrected chi connectivity index (χ3v) is 5.55. The molecule has 0 unspecified atom stereocenters. The predicted molar refractivity (Wildman–Crippen MR) is 96.9 cm³/mol. The number of rotatable bonds is 7. The molecule has 1 N–H and O–H groups in total. The summed E-state index contributed by atoms with van der Waals surface area (Å²) < 4.78 is 75.5. The van der Waals surface area contributed by atoms with Crippen molar-refractivity contribution in [1.29, 1.82) is 0 Å². The highest BCUT2D eigenvalue weighted by molar-refractivity contribution is 7.89. The van der Waals surface area contributed by atoms with Crippen LogP contribution in [0.1, 0.15) is 5.56 Å². The van der Waals surface area contributed by atoms with Crippen LogP contribution in [0.3, 0.4) is 0 Å². The van der Waals surface area contributed by atoms with E-state index in [-0.39, 0.29) is 24.1 Å². The molecule has 0 amide bonds. The van der Waals surface area contributed by atoms with Crippen LogP contribution >= 0.6 is 11.6 Å². The van der Waals surface area contributed by atoms with Crippen molar-refractivity contribution < 1.29 is 30.7 Å². The standard InChI is InChI=1S/C17H13ClF3N3O4S/c18-12-4-3-11(17(19,20)21)10-15(12)29(25,26)22-7-9-28-16-6-5-13(23-24-16)14-2-1-8-27-14/h1-6,8,10,22H,7,9H2. The molecule has 2 aromatic heterocycles. The summed E-state index contributed by atoms with van der Waals surface area (Å²) in [5, 5.41) is 7.41. The molecule has 0 saturated heterocycles. The zero-order chi connectivity index (χ0) is 21.1. The van der Waals surface area contributed by atoms with E-state index in [4.69, 9.17) is 20.8 Å². The molecule has 0 saturated carbocycles. The van der Waals surface area contributed by atoms with E-state index in [1.807, 2.05) is 0 Å². The van der Waals surface area contributed by atoms with Gasteiger partial charge in [-0.3, -0.25) is 0 Å². The molecule has 3 rings (SSSR count). The Morgan fingerprint density at radius 2 is 1.93 bits per heavy atom. The maximum absolute atomic E-state index is 12.8. The second-order valence-corrected chi connectivity index (χ2v) is 7.77. The highest BCUT2D eigenvalue weighted by atomic mass is 35.5. The van der Waals surface area contributed by atoms with E-state index in [2.05, 4.69) is 14.9 Å². The molecule has 0 fully saturated rings. The SMILES string of the molecule is O=S(=O)(NCCOc1ccc(-c2ccco2)nn1)c1cc(C(F)(F)F)ccc1Cl. The fraction of sp³-hybridized carbons (Fsp3) is 0.176. The number of nitrogens with one attached hydrogen (secondary N) is 1. The van der Waals surface area contributed by atoms with Crippen molar-refractivity contribution in [3.8, 4) is 17.3 Å². The summed E-state index contributed by atoms with van der Waals surface area (Å²) in [5.74, 6) is 0.659. The number of furan rings is 1. The van der Waals surface area contributed by atoms with Crippen LogP contribution in [0.25, 0.3) is 11.5 Å². The zero-order valence-electron chi connectivity index (χ0n) is 14.5. The third kappa shape index (κ3) is 5.25. The van der Waals surface area contributed by atoms with Gasteiger partial charge in [0, 0.05) is 12.6 Å². The number of benzene rings is 1. The molecule has 12 heteroatoms. The Kier molecular flexibility index (Phi) is 6.10. The first-order valence-corrected chi connectivity index (χ1v) is 9.90. The summed E-state index contributed by atoms with van der Waals surface area (Å²) >= 11 is 5.75. The van der Waals surface area contributed by atoms with Crippen LogP contribution in [-0.4, -0.2) is 31.8 Å². The van der Waals surface area contributed by atoms with Gasteiger partial charge in [0.2, 0.25) is 15.9 Å². The largest absolute Gasteiger partial charge is 0.475 e. The average molecular weight is 448 g/mol. The molecule has 0 radical (unpaired) electrons. The van der Waals surface area contributed by atoms with Crippen LogP contribution in [0.5, 0.6) is 5.88 Å². The van der Waals surface area contributed by atoms with E-state index >= 15 is 0 Å². The van der Waals surface area contributed by atoms with Crippen LogP contribution in [0, 0.1) is 0 Å². The summed E-state index contributed by atoms with van der Waals surface area (Å²) in [4.78, 5) is -0.670. The van der Waals surface area contributed by atoms with Crippen LogP contribution in [-0.2, 0) is 16.2 Å². The van der Waals surface area contributed by atoms with Gasteiger partial charge in [-0.1, -0.05) is 11.6 Å². The minimum absolute atomic E-state index is 0.134. The lowest BCUT2D eigenvalue weighted by Crippen LogP contribution is -2.29. The van der Waals surface area contributed by atoms with Crippen molar-refractivity contribution in [2.75, 3.05) is 13.2 Å². The van der Waals surface area contributed by atoms with E-state index in [1.54, 1.807) is 18.2 Å². The number of alkyl halides is 3. The van der Waals surface area contributed by atoms with Gasteiger partial charge in [0.1, 0.15) is 17.2 Å². The zero-order valence-corrected chi connectivity index (χ0v) is 16.1. The van der Waals surface area contributed by atoms with E-state index in [0.717, 1.165) is 6.07 Å². The van der Waals surface area contributed by atoms with Crippen LogP contribution in [0.4, 0.5) is 13.2 Å². The second-order valence-electron chi connectivity index (χ2n) is 5.62. The molecule has 0 spiro atoms. The third-order valence-electron chi connectivity index (χ3n) is 3.61. The summed E-state index contributed by atoms with van der Waals surface area (Å²) in [6.45, 7) is -0.360. The Hall–Kier alpha value is -2.63. The molecule has 0 bridgehead atoms. The average Bonchev–Trinajstić information content (AvgIpc) is 3.20. The number of aromatic nitrogens is 2. The minimum Gasteiger partial charge on any atom is -0.475 e. The van der Waals surface area contributed by atoms with Crippen molar-refractivity contribution in [2.24, 2.45) is 0 Å². The van der Waals surface area contributed by atoms with E-state index in [9.17, 15) is 21.6 Å². The Bertz CT molecular complexity index is 1070. The molecular weight excluding hydrogens is 435 g/mol. The predicted octanol–water partition coefficient (Wildman–Crippen LogP) is 3.77. The molecule has 154 valence electrons. The first-order chi connectivity index (χ1) is 13.7. The molecule has 1 aromatic carbocycles. The molecule has 0 atom stereocenters. The second kappa shape index (κ2) is 8.39. The van der Waals surface area contributed by atoms with Crippen LogP contribution in [0.15, 0.2) is 58.0 Å². The van der Waals surface area contributed by atoms with Gasteiger partial charge in [-0.05, 0) is 36.4 Å². The smallest absolute Gasteiger partial charge is 0.416 e. The lowest BCUT2D eigenvalue weighted by Gasteiger charge is -2.12. The number of hydrogen-bond acceptors (Lipinski definition) is 6. The summed E-state index contributed by atoms with van der Waals surface area (Å²) in [6, 6.07) is 8.59. The maximum Gasteiger partial charge on any atom is 0.416 e. The van der Waals surface area contributed by atoms with Crippen molar-refractivity contribution in [1.82, 2.24) is 14.9 Å². The van der Waals surface area contributed by atoms with Crippen molar-refractivity contribution in [3.05, 3.63) is 59.3 Å². The van der Waals surface area contributed by atoms with Gasteiger partial charge in [-0.2, -0.15) is 13.2 Å². The van der Waals surface area contributed by atoms with E-state index in [1.165, 1.54) is 12.3 Å². The topological polar surface area (TPSA) is 94.3 Å². The number of halogens is 4. The summed E-state index contributed by atoms with van der Waals surface area (Å²) in [7, 11) is -4.27. The Balaban J connectivity index is 1.59. The van der Waals surface area contributed by atoms with Gasteiger partial charge >= 0.3 is 6.18 Å². The molecule has 7 nitrogen and oxygen atoms in total. The highest BCUT2D eigenvalue weighted by Crippen LogP contribution is 2.33.